The zero-order valence-electron chi connectivity index (χ0n) is 9.36. The quantitative estimate of drug-likeness (QED) is 0.821. The van der Waals surface area contributed by atoms with Crippen molar-refractivity contribution in [3.63, 3.8) is 0 Å². The number of hydrogen-bond acceptors (Lipinski definition) is 3. The number of nitrogens with zero attached hydrogens (tertiary/aromatic N) is 1. The summed E-state index contributed by atoms with van der Waals surface area (Å²) in [7, 11) is 0. The highest BCUT2D eigenvalue weighted by molar-refractivity contribution is 5.44. The minimum Gasteiger partial charge on any atom is -0.382 e. The topological polar surface area (TPSA) is 34.1 Å². The molecule has 1 aromatic heterocycles. The van der Waals surface area contributed by atoms with Crippen LogP contribution < -0.4 is 5.32 Å². The molecule has 1 aromatic rings. The summed E-state index contributed by atoms with van der Waals surface area (Å²) in [6.45, 7) is 4.88. The van der Waals surface area contributed by atoms with Crippen molar-refractivity contribution in [2.45, 2.75) is 38.8 Å². The van der Waals surface area contributed by atoms with Crippen LogP contribution in [0, 0.1) is 6.92 Å². The minimum absolute atomic E-state index is 0.468. The molecule has 2 rings (SSSR count). The van der Waals surface area contributed by atoms with E-state index in [0.29, 0.717) is 12.1 Å². The Morgan fingerprint density at radius 1 is 1.53 bits per heavy atom. The second kappa shape index (κ2) is 4.62. The highest BCUT2D eigenvalue weighted by atomic mass is 16.5. The van der Waals surface area contributed by atoms with E-state index in [2.05, 4.69) is 16.4 Å². The molecule has 1 aliphatic rings. The van der Waals surface area contributed by atoms with Gasteiger partial charge in [0, 0.05) is 30.2 Å². The zero-order valence-corrected chi connectivity index (χ0v) is 9.36. The van der Waals surface area contributed by atoms with Crippen molar-refractivity contribution < 1.29 is 4.74 Å². The lowest BCUT2D eigenvalue weighted by molar-refractivity contribution is 0.00299. The number of anilines is 1. The number of nitrogens with one attached hydrogen (secondary N) is 1. The number of pyridine rings is 1. The molecule has 0 bridgehead atoms. The fourth-order valence-electron chi connectivity index (χ4n) is 1.93. The van der Waals surface area contributed by atoms with Crippen molar-refractivity contribution in [1.29, 1.82) is 0 Å². The molecule has 0 atom stereocenters. The van der Waals surface area contributed by atoms with E-state index < -0.39 is 0 Å². The third kappa shape index (κ3) is 2.69. The van der Waals surface area contributed by atoms with Crippen LogP contribution >= 0.6 is 0 Å². The van der Waals surface area contributed by atoms with Crippen molar-refractivity contribution >= 4 is 5.69 Å². The number of hydrogen-bond donors (Lipinski definition) is 1. The summed E-state index contributed by atoms with van der Waals surface area (Å²) >= 11 is 0. The first-order valence-corrected chi connectivity index (χ1v) is 5.58. The van der Waals surface area contributed by atoms with Crippen LogP contribution in [0.5, 0.6) is 0 Å². The van der Waals surface area contributed by atoms with Crippen LogP contribution in [0.15, 0.2) is 18.3 Å². The Morgan fingerprint density at radius 3 is 3.00 bits per heavy atom. The molecule has 1 heterocycles. The Bertz CT molecular complexity index is 321. The molecule has 0 spiro atoms. The monoisotopic (exact) mass is 206 g/mol. The van der Waals surface area contributed by atoms with E-state index >= 15 is 0 Å². The first-order chi connectivity index (χ1) is 7.28. The number of ether oxygens (including phenoxy) is 1. The summed E-state index contributed by atoms with van der Waals surface area (Å²) < 4.78 is 5.52. The van der Waals surface area contributed by atoms with E-state index in [1.165, 1.54) is 5.69 Å². The van der Waals surface area contributed by atoms with Crippen LogP contribution in [-0.2, 0) is 4.74 Å². The highest BCUT2D eigenvalue weighted by Crippen LogP contribution is 2.26. The summed E-state index contributed by atoms with van der Waals surface area (Å²) in [5.41, 5.74) is 2.23. The van der Waals surface area contributed by atoms with Gasteiger partial charge in [0.2, 0.25) is 0 Å². The Kier molecular flexibility index (Phi) is 3.21. The lowest BCUT2D eigenvalue weighted by atomic mass is 9.89. The van der Waals surface area contributed by atoms with Gasteiger partial charge in [-0.25, -0.2) is 0 Å². The highest BCUT2D eigenvalue weighted by Gasteiger charge is 2.29. The maximum atomic E-state index is 5.52. The van der Waals surface area contributed by atoms with Gasteiger partial charge < -0.3 is 10.1 Å². The predicted octanol–water partition coefficient (Wildman–Crippen LogP) is 2.37. The van der Waals surface area contributed by atoms with E-state index in [9.17, 15) is 0 Å². The Hall–Kier alpha value is -1.09. The van der Waals surface area contributed by atoms with Crippen molar-refractivity contribution in [2.24, 2.45) is 0 Å². The molecular weight excluding hydrogens is 188 g/mol. The van der Waals surface area contributed by atoms with E-state index in [4.69, 9.17) is 4.74 Å². The third-order valence-corrected chi connectivity index (χ3v) is 2.76. The average Bonchev–Trinajstić information content (AvgIpc) is 2.15. The Morgan fingerprint density at radius 2 is 2.33 bits per heavy atom. The first kappa shape index (κ1) is 10.4. The van der Waals surface area contributed by atoms with E-state index in [0.717, 1.165) is 25.1 Å². The molecule has 3 nitrogen and oxygen atoms in total. The van der Waals surface area contributed by atoms with E-state index in [1.807, 2.05) is 26.1 Å². The van der Waals surface area contributed by atoms with Gasteiger partial charge in [0.25, 0.3) is 0 Å². The third-order valence-electron chi connectivity index (χ3n) is 2.76. The molecule has 0 aromatic carbocycles. The molecule has 0 saturated heterocycles. The molecule has 3 heteroatoms. The molecule has 0 unspecified atom stereocenters. The number of aryl methyl sites for hydroxylation is 1. The SMILES string of the molecule is CCOC1CC(Nc2ccnc(C)c2)C1. The summed E-state index contributed by atoms with van der Waals surface area (Å²) in [6.07, 6.45) is 4.55. The van der Waals surface area contributed by atoms with Gasteiger partial charge in [0.15, 0.2) is 0 Å². The van der Waals surface area contributed by atoms with Gasteiger partial charge in [-0.15, -0.1) is 0 Å². The maximum Gasteiger partial charge on any atom is 0.0614 e. The summed E-state index contributed by atoms with van der Waals surface area (Å²) in [4.78, 5) is 4.17. The molecular formula is C12H18N2O. The van der Waals surface area contributed by atoms with Crippen LogP contribution in [-0.4, -0.2) is 23.7 Å². The Balaban J connectivity index is 1.80. The van der Waals surface area contributed by atoms with Crippen molar-refractivity contribution in [3.8, 4) is 0 Å². The van der Waals surface area contributed by atoms with Crippen LogP contribution in [0.4, 0.5) is 5.69 Å². The van der Waals surface area contributed by atoms with Crippen LogP contribution in [0.25, 0.3) is 0 Å². The zero-order chi connectivity index (χ0) is 10.7. The normalized spacial score (nSPS) is 24.7. The van der Waals surface area contributed by atoms with Gasteiger partial charge in [-0.3, -0.25) is 4.98 Å². The van der Waals surface area contributed by atoms with Crippen LogP contribution in [0.1, 0.15) is 25.5 Å². The summed E-state index contributed by atoms with van der Waals surface area (Å²) in [5.74, 6) is 0. The molecule has 1 N–H and O–H groups in total. The molecule has 82 valence electrons. The molecule has 15 heavy (non-hydrogen) atoms. The average molecular weight is 206 g/mol. The van der Waals surface area contributed by atoms with Crippen molar-refractivity contribution in [3.05, 3.63) is 24.0 Å². The van der Waals surface area contributed by atoms with Crippen molar-refractivity contribution in [1.82, 2.24) is 4.98 Å². The fourth-order valence-corrected chi connectivity index (χ4v) is 1.93. The first-order valence-electron chi connectivity index (χ1n) is 5.58. The van der Waals surface area contributed by atoms with Gasteiger partial charge in [0.05, 0.1) is 6.10 Å². The smallest absolute Gasteiger partial charge is 0.0614 e. The van der Waals surface area contributed by atoms with Gasteiger partial charge in [0.1, 0.15) is 0 Å². The second-order valence-corrected chi connectivity index (χ2v) is 4.08. The van der Waals surface area contributed by atoms with E-state index in [1.54, 1.807) is 0 Å². The fraction of sp³-hybridized carbons (Fsp3) is 0.583. The summed E-state index contributed by atoms with van der Waals surface area (Å²) in [5, 5.41) is 3.49. The number of rotatable bonds is 4. The predicted molar refractivity (Wildman–Crippen MR) is 61.0 cm³/mol. The molecule has 0 amide bonds. The van der Waals surface area contributed by atoms with Gasteiger partial charge >= 0.3 is 0 Å². The maximum absolute atomic E-state index is 5.52. The minimum atomic E-state index is 0.468. The van der Waals surface area contributed by atoms with E-state index in [-0.39, 0.29) is 0 Å². The summed E-state index contributed by atoms with van der Waals surface area (Å²) in [6, 6.07) is 4.66. The van der Waals surface area contributed by atoms with Gasteiger partial charge in [-0.1, -0.05) is 0 Å². The molecule has 1 fully saturated rings. The molecule has 1 aliphatic carbocycles. The largest absolute Gasteiger partial charge is 0.382 e. The van der Waals surface area contributed by atoms with Crippen molar-refractivity contribution in [2.75, 3.05) is 11.9 Å². The van der Waals surface area contributed by atoms with Gasteiger partial charge in [-0.05, 0) is 38.8 Å². The lowest BCUT2D eigenvalue weighted by Crippen LogP contribution is -2.40. The second-order valence-electron chi connectivity index (χ2n) is 4.08. The lowest BCUT2D eigenvalue weighted by Gasteiger charge is -2.36. The number of aromatic nitrogens is 1. The Labute approximate surface area is 90.9 Å². The molecule has 0 aliphatic heterocycles. The standard InChI is InChI=1S/C12H18N2O/c1-3-15-12-7-11(8-12)14-10-4-5-13-9(2)6-10/h4-6,11-12H,3,7-8H2,1-2H3,(H,13,14). The molecule has 1 saturated carbocycles. The van der Waals surface area contributed by atoms with Crippen LogP contribution in [0.2, 0.25) is 0 Å². The van der Waals surface area contributed by atoms with Gasteiger partial charge in [-0.2, -0.15) is 0 Å². The van der Waals surface area contributed by atoms with Crippen LogP contribution in [0.3, 0.4) is 0 Å². The molecule has 0 radical (unpaired) electrons.